The second-order valence-corrected chi connectivity index (χ2v) is 16.0. The van der Waals surface area contributed by atoms with Crippen LogP contribution in [0.2, 0.25) is 0 Å². The number of aromatic amines is 1. The van der Waals surface area contributed by atoms with E-state index in [2.05, 4.69) is 92.2 Å². The molecule has 2 saturated heterocycles. The molecule has 4 amide bonds. The number of aliphatic imine (C=N–C) groups is 1. The van der Waals surface area contributed by atoms with Crippen molar-refractivity contribution in [3.63, 3.8) is 0 Å². The van der Waals surface area contributed by atoms with E-state index < -0.39 is 29.8 Å². The number of hydrogen-bond acceptors (Lipinski definition) is 8. The number of aromatic nitrogens is 2. The number of amides is 4. The van der Waals surface area contributed by atoms with Crippen molar-refractivity contribution < 1.29 is 34.0 Å². The number of nitrogens with one attached hydrogen (secondary N) is 3. The summed E-state index contributed by atoms with van der Waals surface area (Å²) in [5.41, 5.74) is 7.64. The van der Waals surface area contributed by atoms with Crippen molar-refractivity contribution in [1.82, 2.24) is 30.4 Å². The molecule has 5 N–H and O–H groups in total. The van der Waals surface area contributed by atoms with Gasteiger partial charge in [0.1, 0.15) is 23.4 Å². The highest BCUT2D eigenvalue weighted by Gasteiger charge is 2.50. The molecular weight excluding hydrogens is 761 g/mol. The third-order valence-electron chi connectivity index (χ3n) is 12.3. The summed E-state index contributed by atoms with van der Waals surface area (Å²) in [7, 11) is 2.57. The lowest BCUT2D eigenvalue weighted by molar-refractivity contribution is -0.438. The summed E-state index contributed by atoms with van der Waals surface area (Å²) in [6.45, 7) is 4.88. The molecule has 0 radical (unpaired) electrons. The van der Waals surface area contributed by atoms with Crippen LogP contribution in [0.25, 0.3) is 23.0 Å². The van der Waals surface area contributed by atoms with Gasteiger partial charge in [-0.15, -0.1) is 0 Å². The highest BCUT2D eigenvalue weighted by Crippen LogP contribution is 2.36. The zero-order valence-electron chi connectivity index (χ0n) is 34.3. The van der Waals surface area contributed by atoms with Crippen LogP contribution >= 0.6 is 0 Å². The zero-order valence-corrected chi connectivity index (χ0v) is 34.3. The highest BCUT2D eigenvalue weighted by molar-refractivity contribution is 5.96. The molecule has 4 aliphatic rings. The minimum absolute atomic E-state index is 0.165. The Hall–Kier alpha value is -6.54. The predicted molar refractivity (Wildman–Crippen MR) is 226 cm³/mol. The fourth-order valence-electron chi connectivity index (χ4n) is 8.96. The first-order valence-electron chi connectivity index (χ1n) is 20.5. The number of ether oxygens (including phenoxy) is 2. The quantitative estimate of drug-likeness (QED) is 0.162. The number of hydrogen-bond donors (Lipinski definition) is 4. The van der Waals surface area contributed by atoms with E-state index in [9.17, 15) is 19.2 Å². The average Bonchev–Trinajstić information content (AvgIpc) is 4.12. The van der Waals surface area contributed by atoms with Gasteiger partial charge in [0, 0.05) is 30.1 Å². The summed E-state index contributed by atoms with van der Waals surface area (Å²) in [5.74, 6) is 1.42. The summed E-state index contributed by atoms with van der Waals surface area (Å²) >= 11 is 0. The van der Waals surface area contributed by atoms with Crippen LogP contribution in [0, 0.1) is 0 Å². The molecule has 1 aromatic heterocycles. The monoisotopic (exact) mass is 811 g/mol. The van der Waals surface area contributed by atoms with Gasteiger partial charge in [-0.3, -0.25) is 14.9 Å². The second-order valence-electron chi connectivity index (χ2n) is 16.0. The fraction of sp³-hybridized carbons (Fsp3) is 0.348. The van der Waals surface area contributed by atoms with E-state index in [0.29, 0.717) is 18.7 Å². The Morgan fingerprint density at radius 1 is 0.917 bits per heavy atom. The number of imidazole rings is 1. The van der Waals surface area contributed by atoms with Crippen LogP contribution in [0.5, 0.6) is 0 Å². The molecule has 4 heterocycles. The molecule has 3 aliphatic heterocycles. The Morgan fingerprint density at radius 2 is 1.67 bits per heavy atom. The molecule has 14 nitrogen and oxygen atoms in total. The number of amidine groups is 1. The van der Waals surface area contributed by atoms with E-state index in [1.54, 1.807) is 11.8 Å². The van der Waals surface area contributed by atoms with E-state index in [1.165, 1.54) is 25.3 Å². The van der Waals surface area contributed by atoms with Gasteiger partial charge in [0.05, 0.1) is 38.4 Å². The lowest BCUT2D eigenvalue weighted by atomic mass is 9.84. The molecule has 0 spiro atoms. The van der Waals surface area contributed by atoms with Crippen LogP contribution in [0.1, 0.15) is 91.2 Å². The van der Waals surface area contributed by atoms with Crippen LogP contribution in [0.15, 0.2) is 96.3 Å². The topological polar surface area (TPSA) is 175 Å². The largest absolute Gasteiger partial charge is 0.453 e. The molecule has 0 bridgehead atoms. The van der Waals surface area contributed by atoms with E-state index in [4.69, 9.17) is 9.73 Å². The first-order valence-corrected chi connectivity index (χ1v) is 20.5. The number of allylic oxidation sites excluding steroid dienone is 1. The Balaban J connectivity index is 0.897. The second kappa shape index (κ2) is 17.0. The lowest BCUT2D eigenvalue weighted by Crippen LogP contribution is -2.89. The molecule has 8 rings (SSSR count). The summed E-state index contributed by atoms with van der Waals surface area (Å²) < 4.78 is 9.53. The molecule has 5 atom stereocenters. The number of nitrogens with two attached hydrogens (primary N) is 1. The van der Waals surface area contributed by atoms with Gasteiger partial charge in [-0.2, -0.15) is 0 Å². The number of benzene rings is 3. The first-order chi connectivity index (χ1) is 29.1. The minimum atomic E-state index is -0.881. The number of alkyl carbamates (subject to hydrolysis) is 2. The number of rotatable bonds is 10. The summed E-state index contributed by atoms with van der Waals surface area (Å²) in [6, 6.07) is 22.6. The Bertz CT molecular complexity index is 2370. The van der Waals surface area contributed by atoms with Crippen molar-refractivity contribution in [1.29, 1.82) is 0 Å². The van der Waals surface area contributed by atoms with Gasteiger partial charge >= 0.3 is 12.2 Å². The van der Waals surface area contributed by atoms with Gasteiger partial charge in [-0.25, -0.2) is 19.6 Å². The molecule has 1 unspecified atom stereocenters. The highest BCUT2D eigenvalue weighted by atomic mass is 16.5. The molecule has 3 aromatic carbocycles. The van der Waals surface area contributed by atoms with E-state index in [0.717, 1.165) is 71.8 Å². The van der Waals surface area contributed by atoms with Crippen molar-refractivity contribution in [2.75, 3.05) is 27.3 Å². The van der Waals surface area contributed by atoms with Crippen LogP contribution in [0.3, 0.4) is 0 Å². The van der Waals surface area contributed by atoms with Gasteiger partial charge in [0.25, 0.3) is 5.91 Å². The minimum Gasteiger partial charge on any atom is -0.453 e. The third-order valence-corrected chi connectivity index (χ3v) is 12.3. The first kappa shape index (κ1) is 40.2. The summed E-state index contributed by atoms with van der Waals surface area (Å²) in [5, 5.41) is 7.40. The molecule has 0 saturated carbocycles. The molecule has 14 heteroatoms. The Kier molecular flexibility index (Phi) is 11.4. The summed E-state index contributed by atoms with van der Waals surface area (Å²) in [4.78, 5) is 67.9. The van der Waals surface area contributed by atoms with Crippen molar-refractivity contribution in [3.05, 3.63) is 125 Å². The number of carbonyl (C=O) groups is 4. The molecule has 1 aliphatic carbocycles. The molecular formula is C46H51N8O6+. The van der Waals surface area contributed by atoms with Crippen molar-refractivity contribution in [2.24, 2.45) is 4.99 Å². The third kappa shape index (κ3) is 7.94. The maximum Gasteiger partial charge on any atom is 0.407 e. The number of H-pyrrole nitrogens is 1. The number of methoxy groups -OCH3 is 2. The number of quaternary nitrogens is 1. The maximum absolute atomic E-state index is 14.1. The van der Waals surface area contributed by atoms with Crippen molar-refractivity contribution in [3.8, 4) is 11.3 Å². The zero-order chi connectivity index (χ0) is 42.0. The van der Waals surface area contributed by atoms with Gasteiger partial charge in [-0.05, 0) is 86.4 Å². The van der Waals surface area contributed by atoms with Crippen molar-refractivity contribution in [2.45, 2.75) is 75.5 Å². The van der Waals surface area contributed by atoms with Crippen LogP contribution in [-0.4, -0.2) is 88.5 Å². The number of carbonyl (C=O) groups excluding carboxylic acids is 4. The molecule has 2 fully saturated rings. The van der Waals surface area contributed by atoms with Crippen LogP contribution in [0.4, 0.5) is 9.59 Å². The normalized spacial score (nSPS) is 21.7. The SMILES string of the molecule is COC(=O)N[C@@H](C)C(=O)N1CCC[C@H]1c1ncc(-c2ccc3c(c2)C=CC(c2ccc(C4=CN=C([C@]5(C)CCCN5C(=O)[C@H](NC(=O)OC)c5ccccc5)[NH2+]4)cc2)C3)[nH]1. The van der Waals surface area contributed by atoms with E-state index in [-0.39, 0.29) is 23.8 Å². The van der Waals surface area contributed by atoms with Gasteiger partial charge in [-0.1, -0.05) is 66.7 Å². The van der Waals surface area contributed by atoms with Gasteiger partial charge in [0.15, 0.2) is 5.70 Å². The number of fused-ring (bicyclic) bond motifs is 1. The number of nitrogens with zero attached hydrogens (tertiary/aromatic N) is 4. The Labute approximate surface area is 349 Å². The van der Waals surface area contributed by atoms with Crippen molar-refractivity contribution >= 4 is 41.6 Å². The molecule has 310 valence electrons. The van der Waals surface area contributed by atoms with E-state index in [1.807, 2.05) is 47.6 Å². The summed E-state index contributed by atoms with van der Waals surface area (Å²) in [6.07, 6.45) is 11.0. The fourth-order valence-corrected chi connectivity index (χ4v) is 8.96. The van der Waals surface area contributed by atoms with E-state index >= 15 is 0 Å². The van der Waals surface area contributed by atoms with Crippen LogP contribution in [-0.2, 0) is 25.5 Å². The predicted octanol–water partition coefficient (Wildman–Crippen LogP) is 5.59. The lowest BCUT2D eigenvalue weighted by Gasteiger charge is -2.35. The number of likely N-dealkylation sites (tertiary alicyclic amines) is 2. The Morgan fingerprint density at radius 3 is 2.43 bits per heavy atom. The smallest absolute Gasteiger partial charge is 0.407 e. The molecule has 60 heavy (non-hydrogen) atoms. The maximum atomic E-state index is 14.1. The molecule has 4 aromatic rings. The van der Waals surface area contributed by atoms with Gasteiger partial charge in [0.2, 0.25) is 11.7 Å². The average molecular weight is 812 g/mol. The van der Waals surface area contributed by atoms with Gasteiger partial charge < -0.3 is 34.9 Å². The van der Waals surface area contributed by atoms with Crippen LogP contribution < -0.4 is 16.0 Å². The standard InChI is InChI=1S/C46H50N8O6/c1-28(49-44(57)59-3)41(55)53-22-8-12-38(53)40-47-26-37(50-40)35-20-19-33-24-32(17-18-34(33)25-35)29-13-15-30(16-14-29)36-27-48-43(51-36)46(2)21-9-23-54(46)42(56)39(52-45(58)60-4)31-10-6-5-7-11-31/h5-7,10-11,13-20,25-28,32,38-39H,8-9,12,21-24H2,1-4H3,(H,47,50)(H,48,51)(H,49,57)(H,52,58)/p+1/t28-,32?,38-,39+,46-/m0/s1.